The number of ether oxygens (including phenoxy) is 2. The van der Waals surface area contributed by atoms with E-state index in [4.69, 9.17) is 9.47 Å². The number of benzene rings is 2. The van der Waals surface area contributed by atoms with Gasteiger partial charge in [0, 0.05) is 36.0 Å². The first kappa shape index (κ1) is 17.3. The normalized spacial score (nSPS) is 11.5. The summed E-state index contributed by atoms with van der Waals surface area (Å²) in [4.78, 5) is 22.6. The van der Waals surface area contributed by atoms with Gasteiger partial charge in [-0.1, -0.05) is 12.1 Å². The minimum absolute atomic E-state index is 0.0103. The van der Waals surface area contributed by atoms with Gasteiger partial charge in [0.1, 0.15) is 11.5 Å². The maximum Gasteiger partial charge on any atom is 0.269 e. The van der Waals surface area contributed by atoms with E-state index in [1.54, 1.807) is 37.3 Å². The van der Waals surface area contributed by atoms with Crippen LogP contribution in [0.2, 0.25) is 0 Å². The van der Waals surface area contributed by atoms with Gasteiger partial charge in [0.05, 0.1) is 25.1 Å². The van der Waals surface area contributed by atoms with Gasteiger partial charge in [0.2, 0.25) is 5.91 Å². The first-order valence-corrected chi connectivity index (χ1v) is 7.23. The summed E-state index contributed by atoms with van der Waals surface area (Å²) in [6, 6.07) is 11.0. The Bertz CT molecular complexity index is 721. The lowest BCUT2D eigenvalue weighted by atomic mass is 10.00. The van der Waals surface area contributed by atoms with Crippen LogP contribution in [-0.4, -0.2) is 25.1 Å². The molecule has 1 amide bonds. The summed E-state index contributed by atoms with van der Waals surface area (Å²) in [5.74, 6) is 0.419. The van der Waals surface area contributed by atoms with E-state index in [1.807, 2.05) is 0 Å². The van der Waals surface area contributed by atoms with Crippen LogP contribution in [0.3, 0.4) is 0 Å². The number of nitrogens with one attached hydrogen (secondary N) is 1. The van der Waals surface area contributed by atoms with Crippen LogP contribution < -0.4 is 14.8 Å². The molecule has 24 heavy (non-hydrogen) atoms. The molecule has 0 spiro atoms. The van der Waals surface area contributed by atoms with E-state index in [0.717, 1.165) is 0 Å². The molecule has 0 bridgehead atoms. The number of hydrogen-bond donors (Lipinski definition) is 1. The van der Waals surface area contributed by atoms with Gasteiger partial charge < -0.3 is 14.8 Å². The number of amides is 1. The van der Waals surface area contributed by atoms with Crippen LogP contribution in [0, 0.1) is 10.1 Å². The van der Waals surface area contributed by atoms with Crippen molar-refractivity contribution in [3.8, 4) is 11.5 Å². The molecule has 2 aromatic rings. The molecule has 0 heterocycles. The number of rotatable bonds is 6. The molecule has 2 rings (SSSR count). The number of nitro groups is 1. The second kappa shape index (κ2) is 7.45. The average Bonchev–Trinajstić information content (AvgIpc) is 2.60. The minimum Gasteiger partial charge on any atom is -0.497 e. The van der Waals surface area contributed by atoms with Crippen molar-refractivity contribution < 1.29 is 19.2 Å². The van der Waals surface area contributed by atoms with Crippen molar-refractivity contribution in [2.24, 2.45) is 0 Å². The molecule has 7 heteroatoms. The van der Waals surface area contributed by atoms with Crippen molar-refractivity contribution in [2.45, 2.75) is 12.8 Å². The molecule has 0 fully saturated rings. The third-order valence-electron chi connectivity index (χ3n) is 3.62. The molecule has 0 saturated heterocycles. The Labute approximate surface area is 139 Å². The molecule has 126 valence electrons. The molecule has 7 nitrogen and oxygen atoms in total. The Morgan fingerprint density at radius 2 is 1.62 bits per heavy atom. The number of nitrogens with zero attached hydrogens (tertiary/aromatic N) is 1. The van der Waals surface area contributed by atoms with Gasteiger partial charge >= 0.3 is 0 Å². The number of hydrogen-bond acceptors (Lipinski definition) is 5. The highest BCUT2D eigenvalue weighted by atomic mass is 16.6. The number of non-ortho nitro benzene ring substituents is 1. The maximum atomic E-state index is 12.4. The molecule has 0 aromatic heterocycles. The van der Waals surface area contributed by atoms with E-state index >= 15 is 0 Å². The van der Waals surface area contributed by atoms with Crippen LogP contribution in [0.25, 0.3) is 0 Å². The molecule has 0 radical (unpaired) electrons. The monoisotopic (exact) mass is 330 g/mol. The zero-order valence-corrected chi connectivity index (χ0v) is 13.6. The lowest BCUT2D eigenvalue weighted by molar-refractivity contribution is -0.384. The Morgan fingerprint density at radius 3 is 2.08 bits per heavy atom. The highest BCUT2D eigenvalue weighted by Crippen LogP contribution is 2.27. The predicted octanol–water partition coefficient (Wildman–Crippen LogP) is 3.35. The van der Waals surface area contributed by atoms with Crippen molar-refractivity contribution in [3.05, 3.63) is 58.1 Å². The molecule has 0 saturated carbocycles. The van der Waals surface area contributed by atoms with Crippen molar-refractivity contribution in [1.82, 2.24) is 0 Å². The molecule has 2 aromatic carbocycles. The van der Waals surface area contributed by atoms with Gasteiger partial charge in [0.15, 0.2) is 0 Å². The smallest absolute Gasteiger partial charge is 0.269 e. The summed E-state index contributed by atoms with van der Waals surface area (Å²) in [6.45, 7) is 1.73. The van der Waals surface area contributed by atoms with Crippen LogP contribution in [0.15, 0.2) is 42.5 Å². The SMILES string of the molecule is COc1cc(NC(=O)[C@H](C)c2ccc([N+](=O)[O-])cc2)cc(OC)c1. The summed E-state index contributed by atoms with van der Waals surface area (Å²) in [5, 5.41) is 13.5. The Hall–Kier alpha value is -3.09. The van der Waals surface area contributed by atoms with Gasteiger partial charge in [0.25, 0.3) is 5.69 Å². The van der Waals surface area contributed by atoms with Crippen LogP contribution in [0.5, 0.6) is 11.5 Å². The van der Waals surface area contributed by atoms with E-state index in [-0.39, 0.29) is 11.6 Å². The first-order valence-electron chi connectivity index (χ1n) is 7.23. The second-order valence-corrected chi connectivity index (χ2v) is 5.16. The average molecular weight is 330 g/mol. The van der Waals surface area contributed by atoms with Gasteiger partial charge in [-0.25, -0.2) is 0 Å². The van der Waals surface area contributed by atoms with Crippen LogP contribution in [0.1, 0.15) is 18.4 Å². The molecule has 0 unspecified atom stereocenters. The largest absolute Gasteiger partial charge is 0.497 e. The summed E-state index contributed by atoms with van der Waals surface area (Å²) in [6.07, 6.45) is 0. The summed E-state index contributed by atoms with van der Waals surface area (Å²) in [5.41, 5.74) is 1.22. The van der Waals surface area contributed by atoms with Crippen LogP contribution in [-0.2, 0) is 4.79 Å². The molecule has 0 aliphatic carbocycles. The zero-order valence-electron chi connectivity index (χ0n) is 13.6. The summed E-state index contributed by atoms with van der Waals surface area (Å²) in [7, 11) is 3.06. The fourth-order valence-corrected chi connectivity index (χ4v) is 2.17. The van der Waals surface area contributed by atoms with Gasteiger partial charge in [-0.15, -0.1) is 0 Å². The van der Waals surface area contributed by atoms with Gasteiger partial charge in [-0.3, -0.25) is 14.9 Å². The zero-order chi connectivity index (χ0) is 17.7. The van der Waals surface area contributed by atoms with E-state index in [2.05, 4.69) is 5.32 Å². The quantitative estimate of drug-likeness (QED) is 0.648. The Kier molecular flexibility index (Phi) is 5.36. The fourth-order valence-electron chi connectivity index (χ4n) is 2.17. The number of carbonyl (C=O) groups excluding carboxylic acids is 1. The first-order chi connectivity index (χ1) is 11.4. The number of carbonyl (C=O) groups is 1. The van der Waals surface area contributed by atoms with E-state index in [0.29, 0.717) is 22.7 Å². The molecular formula is C17H18N2O5. The Morgan fingerprint density at radius 1 is 1.08 bits per heavy atom. The van der Waals surface area contributed by atoms with E-state index in [9.17, 15) is 14.9 Å². The fraction of sp³-hybridized carbons (Fsp3) is 0.235. The van der Waals surface area contributed by atoms with E-state index < -0.39 is 10.8 Å². The molecule has 0 aliphatic heterocycles. The van der Waals surface area contributed by atoms with Crippen molar-refractivity contribution >= 4 is 17.3 Å². The Balaban J connectivity index is 2.15. The molecule has 0 aliphatic rings. The molecule has 1 N–H and O–H groups in total. The van der Waals surface area contributed by atoms with Crippen molar-refractivity contribution in [1.29, 1.82) is 0 Å². The number of nitro benzene ring substituents is 1. The third kappa shape index (κ3) is 4.01. The second-order valence-electron chi connectivity index (χ2n) is 5.16. The third-order valence-corrected chi connectivity index (χ3v) is 3.62. The number of anilines is 1. The van der Waals surface area contributed by atoms with E-state index in [1.165, 1.54) is 26.4 Å². The van der Waals surface area contributed by atoms with Crippen LogP contribution in [0.4, 0.5) is 11.4 Å². The number of methoxy groups -OCH3 is 2. The van der Waals surface area contributed by atoms with Crippen molar-refractivity contribution in [3.63, 3.8) is 0 Å². The molecular weight excluding hydrogens is 312 g/mol. The van der Waals surface area contributed by atoms with Gasteiger partial charge in [-0.05, 0) is 12.5 Å². The van der Waals surface area contributed by atoms with Crippen molar-refractivity contribution in [2.75, 3.05) is 19.5 Å². The molecule has 1 atom stereocenters. The topological polar surface area (TPSA) is 90.7 Å². The standard InChI is InChI=1S/C17H18N2O5/c1-11(12-4-6-14(7-5-12)19(21)22)17(20)18-13-8-15(23-2)10-16(9-13)24-3/h4-11H,1-3H3,(H,18,20)/t11-/m1/s1. The summed E-state index contributed by atoms with van der Waals surface area (Å²) >= 11 is 0. The minimum atomic E-state index is -0.475. The highest BCUT2D eigenvalue weighted by Gasteiger charge is 2.17. The summed E-state index contributed by atoms with van der Waals surface area (Å²) < 4.78 is 10.3. The van der Waals surface area contributed by atoms with Crippen LogP contribution >= 0.6 is 0 Å². The predicted molar refractivity (Wildman–Crippen MR) is 89.7 cm³/mol. The lowest BCUT2D eigenvalue weighted by Gasteiger charge is -2.14. The lowest BCUT2D eigenvalue weighted by Crippen LogP contribution is -2.18. The highest BCUT2D eigenvalue weighted by molar-refractivity contribution is 5.96. The van der Waals surface area contributed by atoms with Gasteiger partial charge in [-0.2, -0.15) is 0 Å². The maximum absolute atomic E-state index is 12.4.